The van der Waals surface area contributed by atoms with Gasteiger partial charge in [0.15, 0.2) is 16.3 Å². The highest BCUT2D eigenvalue weighted by atomic mass is 127. The molecule has 8 heteroatoms. The van der Waals surface area contributed by atoms with Gasteiger partial charge in [-0.3, -0.25) is 9.36 Å². The van der Waals surface area contributed by atoms with Crippen LogP contribution in [0.3, 0.4) is 0 Å². The molecule has 1 aliphatic heterocycles. The molecule has 192 valence electrons. The van der Waals surface area contributed by atoms with Gasteiger partial charge in [0.1, 0.15) is 5.75 Å². The molecule has 1 atom stereocenters. The first-order valence-corrected chi connectivity index (χ1v) is 14.1. The highest BCUT2D eigenvalue weighted by molar-refractivity contribution is 14.1. The minimum Gasteiger partial charge on any atom is -0.496 e. The summed E-state index contributed by atoms with van der Waals surface area (Å²) < 4.78 is 20.0. The minimum atomic E-state index is -0.285. The average molecular weight is 637 g/mol. The van der Waals surface area contributed by atoms with Crippen molar-refractivity contribution in [2.75, 3.05) is 21.3 Å². The van der Waals surface area contributed by atoms with Gasteiger partial charge >= 0.3 is 0 Å². The summed E-state index contributed by atoms with van der Waals surface area (Å²) in [6.45, 7) is 0. The van der Waals surface area contributed by atoms with Crippen molar-refractivity contribution in [1.82, 2.24) is 4.57 Å². The highest BCUT2D eigenvalue weighted by Crippen LogP contribution is 2.42. The van der Waals surface area contributed by atoms with Crippen LogP contribution in [-0.2, 0) is 6.42 Å². The number of benzene rings is 3. The van der Waals surface area contributed by atoms with Crippen molar-refractivity contribution >= 4 is 45.7 Å². The second-order valence-electron chi connectivity index (χ2n) is 9.12. The number of nitrogens with zero attached hydrogens (tertiary/aromatic N) is 2. The summed E-state index contributed by atoms with van der Waals surface area (Å²) >= 11 is 3.67. The lowest BCUT2D eigenvalue weighted by Crippen LogP contribution is -2.38. The topological polar surface area (TPSA) is 62.0 Å². The maximum Gasteiger partial charge on any atom is 0.271 e. The Kier molecular flexibility index (Phi) is 6.61. The molecule has 1 aliphatic carbocycles. The van der Waals surface area contributed by atoms with E-state index in [-0.39, 0.29) is 11.6 Å². The number of rotatable bonds is 5. The fourth-order valence-electron chi connectivity index (χ4n) is 5.27. The van der Waals surface area contributed by atoms with Gasteiger partial charge in [-0.25, -0.2) is 4.99 Å². The van der Waals surface area contributed by atoms with E-state index in [0.29, 0.717) is 20.8 Å². The van der Waals surface area contributed by atoms with Crippen LogP contribution in [-0.4, -0.2) is 25.9 Å². The molecule has 1 aromatic heterocycles. The van der Waals surface area contributed by atoms with Crippen LogP contribution in [0.15, 0.2) is 76.0 Å². The lowest BCUT2D eigenvalue weighted by molar-refractivity contribution is 0.354. The van der Waals surface area contributed by atoms with Gasteiger partial charge in [-0.2, -0.15) is 0 Å². The number of hydrogen-bond donors (Lipinski definition) is 0. The minimum absolute atomic E-state index is 0.0511. The summed E-state index contributed by atoms with van der Waals surface area (Å²) in [6.07, 6.45) is 3.67. The van der Waals surface area contributed by atoms with Gasteiger partial charge in [0, 0.05) is 5.56 Å². The predicted octanol–water partition coefficient (Wildman–Crippen LogP) is 4.95. The van der Waals surface area contributed by atoms with Gasteiger partial charge < -0.3 is 14.2 Å². The van der Waals surface area contributed by atoms with Crippen LogP contribution in [0.25, 0.3) is 11.8 Å². The van der Waals surface area contributed by atoms with Gasteiger partial charge in [0.25, 0.3) is 5.56 Å². The van der Waals surface area contributed by atoms with E-state index in [0.717, 1.165) is 50.1 Å². The Labute approximate surface area is 237 Å². The summed E-state index contributed by atoms with van der Waals surface area (Å²) in [4.78, 5) is 19.8. The van der Waals surface area contributed by atoms with E-state index in [2.05, 4.69) is 46.9 Å². The third-order valence-electron chi connectivity index (χ3n) is 7.07. The van der Waals surface area contributed by atoms with Crippen molar-refractivity contribution in [3.05, 3.63) is 112 Å². The number of fused-ring (bicyclic) bond motifs is 3. The van der Waals surface area contributed by atoms with Crippen molar-refractivity contribution in [3.8, 4) is 17.2 Å². The number of aryl methyl sites for hydroxylation is 1. The zero-order valence-electron chi connectivity index (χ0n) is 21.2. The number of allylic oxidation sites excluding steroid dienone is 1. The number of halogens is 1. The molecule has 3 aromatic carbocycles. The van der Waals surface area contributed by atoms with Crippen molar-refractivity contribution in [2.45, 2.75) is 18.9 Å². The summed E-state index contributed by atoms with van der Waals surface area (Å²) in [5, 5.41) is 0. The first-order valence-electron chi connectivity index (χ1n) is 12.2. The molecule has 4 aromatic rings. The number of hydrogen-bond acceptors (Lipinski definition) is 6. The van der Waals surface area contributed by atoms with Crippen LogP contribution in [0, 0.1) is 3.57 Å². The van der Waals surface area contributed by atoms with Crippen molar-refractivity contribution in [1.29, 1.82) is 0 Å². The smallest absolute Gasteiger partial charge is 0.271 e. The molecule has 0 amide bonds. The van der Waals surface area contributed by atoms with Crippen LogP contribution in [0.1, 0.15) is 34.7 Å². The highest BCUT2D eigenvalue weighted by Gasteiger charge is 2.33. The Morgan fingerprint density at radius 2 is 1.71 bits per heavy atom. The Hall–Kier alpha value is -3.37. The zero-order valence-corrected chi connectivity index (χ0v) is 24.1. The molecule has 6 nitrogen and oxygen atoms in total. The Balaban J connectivity index is 1.60. The largest absolute Gasteiger partial charge is 0.496 e. The molecule has 0 spiro atoms. The number of aromatic nitrogens is 1. The molecule has 0 saturated carbocycles. The first-order chi connectivity index (χ1) is 18.5. The van der Waals surface area contributed by atoms with Crippen LogP contribution in [0.2, 0.25) is 0 Å². The maximum absolute atomic E-state index is 14.0. The average Bonchev–Trinajstić information content (AvgIpc) is 3.25. The van der Waals surface area contributed by atoms with E-state index in [9.17, 15) is 4.79 Å². The molecule has 0 N–H and O–H groups in total. The maximum atomic E-state index is 14.0. The van der Waals surface area contributed by atoms with E-state index in [1.165, 1.54) is 16.9 Å². The van der Waals surface area contributed by atoms with Crippen molar-refractivity contribution in [2.24, 2.45) is 4.99 Å². The molecule has 2 aliphatic rings. The number of methoxy groups -OCH3 is 3. The molecule has 38 heavy (non-hydrogen) atoms. The van der Waals surface area contributed by atoms with Crippen LogP contribution in [0.5, 0.6) is 17.2 Å². The number of thiazole rings is 1. The first kappa shape index (κ1) is 24.9. The van der Waals surface area contributed by atoms with E-state index < -0.39 is 0 Å². The molecular formula is C30H25IN2O4S. The van der Waals surface area contributed by atoms with Crippen molar-refractivity contribution < 1.29 is 14.2 Å². The normalized spacial score (nSPS) is 16.3. The van der Waals surface area contributed by atoms with Crippen LogP contribution >= 0.6 is 33.9 Å². The fraction of sp³-hybridized carbons (Fsp3) is 0.200. The molecule has 6 rings (SSSR count). The standard InChI is InChI=1S/C30H25IN2O4S/c1-35-23-12-8-17(14-22(23)31)15-26-29(34)33-28(19-10-13-24(36-2)25(16-19)37-3)21-11-9-18-6-4-5-7-20(18)27(21)32-30(33)38-26/h4-8,10,12-16,28H,9,11H2,1-3H3/b26-15-/t28-/m0/s1. The second-order valence-corrected chi connectivity index (χ2v) is 11.3. The third-order valence-corrected chi connectivity index (χ3v) is 8.90. The van der Waals surface area contributed by atoms with E-state index in [1.54, 1.807) is 21.3 Å². The molecule has 0 saturated heterocycles. The summed E-state index contributed by atoms with van der Waals surface area (Å²) in [5.41, 5.74) is 6.40. The molecule has 0 bridgehead atoms. The summed E-state index contributed by atoms with van der Waals surface area (Å²) in [6, 6.07) is 19.9. The lowest BCUT2D eigenvalue weighted by Gasteiger charge is -2.31. The Morgan fingerprint density at radius 3 is 2.47 bits per heavy atom. The Bertz CT molecular complexity index is 1790. The van der Waals surface area contributed by atoms with Crippen LogP contribution < -0.4 is 29.1 Å². The number of ether oxygens (including phenoxy) is 3. The van der Waals surface area contributed by atoms with Gasteiger partial charge in [-0.1, -0.05) is 47.7 Å². The van der Waals surface area contributed by atoms with E-state index in [1.807, 2.05) is 47.0 Å². The van der Waals surface area contributed by atoms with E-state index in [4.69, 9.17) is 19.2 Å². The summed E-state index contributed by atoms with van der Waals surface area (Å²) in [5.74, 6) is 2.10. The zero-order chi connectivity index (χ0) is 26.4. The van der Waals surface area contributed by atoms with Crippen LogP contribution in [0.4, 0.5) is 0 Å². The third kappa shape index (κ3) is 4.16. The lowest BCUT2D eigenvalue weighted by atomic mass is 9.83. The van der Waals surface area contributed by atoms with E-state index >= 15 is 0 Å². The van der Waals surface area contributed by atoms with Gasteiger partial charge in [-0.05, 0) is 88.0 Å². The predicted molar refractivity (Wildman–Crippen MR) is 158 cm³/mol. The van der Waals surface area contributed by atoms with Crippen molar-refractivity contribution in [3.63, 3.8) is 0 Å². The van der Waals surface area contributed by atoms with Gasteiger partial charge in [0.05, 0.1) is 41.2 Å². The molecule has 2 heterocycles. The van der Waals surface area contributed by atoms with Gasteiger partial charge in [-0.15, -0.1) is 0 Å². The fourth-order valence-corrected chi connectivity index (χ4v) is 7.03. The van der Waals surface area contributed by atoms with Gasteiger partial charge in [0.2, 0.25) is 0 Å². The monoisotopic (exact) mass is 636 g/mol. The molecule has 0 unspecified atom stereocenters. The Morgan fingerprint density at radius 1 is 0.947 bits per heavy atom. The molecule has 0 fully saturated rings. The second kappa shape index (κ2) is 10.1. The SMILES string of the molecule is COc1ccc(/C=c2\sc3n(c2=O)[C@@H](c2ccc(OC)c(OC)c2)C2=C(N=3)c3ccccc3CC2)cc1I. The molecule has 0 radical (unpaired) electrons. The molecular weight excluding hydrogens is 611 g/mol. The quantitative estimate of drug-likeness (QED) is 0.291. The summed E-state index contributed by atoms with van der Waals surface area (Å²) in [7, 11) is 4.91.